The fourth-order valence-corrected chi connectivity index (χ4v) is 4.42. The predicted octanol–water partition coefficient (Wildman–Crippen LogP) is 2.34. The van der Waals surface area contributed by atoms with Crippen LogP contribution in [0.15, 0.2) is 37.1 Å². The number of aromatic nitrogens is 4. The van der Waals surface area contributed by atoms with Crippen molar-refractivity contribution < 1.29 is 19.5 Å². The van der Waals surface area contributed by atoms with Gasteiger partial charge in [-0.2, -0.15) is 4.98 Å². The Morgan fingerprint density at radius 1 is 1.19 bits per heavy atom. The molecule has 1 saturated carbocycles. The van der Waals surface area contributed by atoms with Gasteiger partial charge in [0.15, 0.2) is 0 Å². The average Bonchev–Trinajstić information content (AvgIpc) is 3.39. The molecule has 2 aliphatic rings. The number of amides is 1. The lowest BCUT2D eigenvalue weighted by molar-refractivity contribution is 0.0706. The molecule has 10 heteroatoms. The number of pyridine rings is 2. The summed E-state index contributed by atoms with van der Waals surface area (Å²) >= 11 is 0. The van der Waals surface area contributed by atoms with Gasteiger partial charge in [0, 0.05) is 43.8 Å². The van der Waals surface area contributed by atoms with Gasteiger partial charge in [-0.3, -0.25) is 15.0 Å². The van der Waals surface area contributed by atoms with E-state index in [4.69, 9.17) is 19.7 Å². The van der Waals surface area contributed by atoms with Crippen LogP contribution < -0.4 is 15.1 Å². The smallest absolute Gasteiger partial charge is 0.276 e. The number of imidazole rings is 1. The highest BCUT2D eigenvalue weighted by atomic mass is 16.5. The van der Waals surface area contributed by atoms with Gasteiger partial charge in [0.05, 0.1) is 36.0 Å². The Labute approximate surface area is 185 Å². The van der Waals surface area contributed by atoms with Crippen molar-refractivity contribution in [3.63, 3.8) is 0 Å². The summed E-state index contributed by atoms with van der Waals surface area (Å²) < 4.78 is 14.0. The van der Waals surface area contributed by atoms with Gasteiger partial charge in [-0.1, -0.05) is 0 Å². The van der Waals surface area contributed by atoms with Crippen LogP contribution in [0, 0.1) is 0 Å². The lowest BCUT2D eigenvalue weighted by Gasteiger charge is -2.31. The van der Waals surface area contributed by atoms with Crippen LogP contribution in [0.3, 0.4) is 0 Å². The monoisotopic (exact) mass is 438 g/mol. The van der Waals surface area contributed by atoms with Crippen molar-refractivity contribution in [1.82, 2.24) is 25.0 Å². The summed E-state index contributed by atoms with van der Waals surface area (Å²) in [4.78, 5) is 27.5. The molecule has 1 aliphatic heterocycles. The van der Waals surface area contributed by atoms with Crippen molar-refractivity contribution in [2.24, 2.45) is 0 Å². The Bertz CT molecular complexity index is 1080. The van der Waals surface area contributed by atoms with Crippen LogP contribution in [0.1, 0.15) is 42.1 Å². The zero-order chi connectivity index (χ0) is 21.9. The van der Waals surface area contributed by atoms with Crippen molar-refractivity contribution in [1.29, 1.82) is 0 Å². The van der Waals surface area contributed by atoms with Gasteiger partial charge >= 0.3 is 0 Å². The number of nitrogens with zero attached hydrogens (tertiary/aromatic N) is 5. The topological polar surface area (TPSA) is 115 Å². The highest BCUT2D eigenvalue weighted by Crippen LogP contribution is 2.34. The lowest BCUT2D eigenvalue weighted by atomic mass is 9.93. The fourth-order valence-electron chi connectivity index (χ4n) is 4.42. The number of nitrogens with one attached hydrogen (secondary N) is 1. The van der Waals surface area contributed by atoms with Crippen molar-refractivity contribution in [3.05, 3.63) is 42.6 Å². The van der Waals surface area contributed by atoms with Crippen LogP contribution in [0.4, 0.5) is 5.82 Å². The first-order valence-electron chi connectivity index (χ1n) is 10.9. The molecular weight excluding hydrogens is 412 g/mol. The molecule has 0 atom stereocenters. The minimum Gasteiger partial charge on any atom is -0.474 e. The van der Waals surface area contributed by atoms with Crippen LogP contribution in [0.5, 0.6) is 5.88 Å². The molecule has 0 spiro atoms. The predicted molar refractivity (Wildman–Crippen MR) is 116 cm³/mol. The fraction of sp³-hybridized carbons (Fsp3) is 0.455. The van der Waals surface area contributed by atoms with E-state index in [9.17, 15) is 4.79 Å². The Kier molecular flexibility index (Phi) is 5.87. The molecule has 2 N–H and O–H groups in total. The van der Waals surface area contributed by atoms with E-state index < -0.39 is 5.91 Å². The molecule has 5 rings (SSSR count). The summed E-state index contributed by atoms with van der Waals surface area (Å²) in [5.41, 5.74) is 2.60. The van der Waals surface area contributed by atoms with E-state index in [-0.39, 0.29) is 11.7 Å². The van der Waals surface area contributed by atoms with Crippen LogP contribution in [0.25, 0.3) is 10.9 Å². The molecule has 0 radical (unpaired) electrons. The molecule has 32 heavy (non-hydrogen) atoms. The molecule has 168 valence electrons. The molecule has 2 fully saturated rings. The van der Waals surface area contributed by atoms with Gasteiger partial charge in [0.1, 0.15) is 11.9 Å². The van der Waals surface area contributed by atoms with E-state index in [1.807, 2.05) is 24.8 Å². The maximum absolute atomic E-state index is 11.9. The molecule has 10 nitrogen and oxygen atoms in total. The van der Waals surface area contributed by atoms with Crippen LogP contribution in [-0.4, -0.2) is 63.0 Å². The van der Waals surface area contributed by atoms with Crippen LogP contribution in [0.2, 0.25) is 0 Å². The second-order valence-corrected chi connectivity index (χ2v) is 8.17. The maximum Gasteiger partial charge on any atom is 0.276 e. The molecule has 0 unspecified atom stereocenters. The van der Waals surface area contributed by atoms with Crippen molar-refractivity contribution in [2.75, 3.05) is 31.2 Å². The largest absolute Gasteiger partial charge is 0.474 e. The van der Waals surface area contributed by atoms with Crippen molar-refractivity contribution in [3.8, 4) is 5.88 Å². The first kappa shape index (κ1) is 20.7. The first-order valence-corrected chi connectivity index (χ1v) is 10.9. The quantitative estimate of drug-likeness (QED) is 0.461. The first-order chi connectivity index (χ1) is 15.7. The summed E-state index contributed by atoms with van der Waals surface area (Å²) in [5, 5.41) is 9.66. The number of carbonyl (C=O) groups excluding carboxylic acids is 1. The normalized spacial score (nSPS) is 21.5. The molecule has 4 heterocycles. The van der Waals surface area contributed by atoms with E-state index in [1.54, 1.807) is 11.5 Å². The van der Waals surface area contributed by atoms with Gasteiger partial charge in [-0.05, 0) is 31.7 Å². The third kappa shape index (κ3) is 4.23. The number of morpholine rings is 1. The van der Waals surface area contributed by atoms with E-state index in [1.165, 1.54) is 6.20 Å². The Hall–Kier alpha value is -3.24. The molecule has 1 aliphatic carbocycles. The van der Waals surface area contributed by atoms with Gasteiger partial charge < -0.3 is 18.9 Å². The third-order valence-electron chi connectivity index (χ3n) is 6.20. The number of anilines is 1. The van der Waals surface area contributed by atoms with Gasteiger partial charge in [-0.25, -0.2) is 10.5 Å². The maximum atomic E-state index is 11.9. The van der Waals surface area contributed by atoms with Gasteiger partial charge in [-0.15, -0.1) is 0 Å². The molecule has 0 aromatic carbocycles. The standard InChI is InChI=1S/C22H26N6O4/c29-21(26-30)15-11-18-19(24-13-15)12-20(27-7-9-31-10-8-27)25-22(18)32-17-3-1-16(2-4-17)28-6-5-23-14-28/h5-6,11-14,16-17,30H,1-4,7-10H2,(H,26,29)/t16-,17+. The number of hydrogen-bond donors (Lipinski definition) is 2. The summed E-state index contributed by atoms with van der Waals surface area (Å²) in [7, 11) is 0. The number of rotatable bonds is 5. The minimum absolute atomic E-state index is 0.0285. The van der Waals surface area contributed by atoms with Crippen molar-refractivity contribution in [2.45, 2.75) is 37.8 Å². The second-order valence-electron chi connectivity index (χ2n) is 8.17. The summed E-state index contributed by atoms with van der Waals surface area (Å²) in [6, 6.07) is 4.00. The molecule has 3 aromatic rings. The lowest BCUT2D eigenvalue weighted by Crippen LogP contribution is -2.36. The van der Waals surface area contributed by atoms with Crippen molar-refractivity contribution >= 4 is 22.6 Å². The summed E-state index contributed by atoms with van der Waals surface area (Å²) in [5.74, 6) is 0.633. The number of ether oxygens (including phenoxy) is 2. The second kappa shape index (κ2) is 9.09. The van der Waals surface area contributed by atoms with E-state index in [2.05, 4.69) is 19.4 Å². The van der Waals surface area contributed by atoms with Crippen LogP contribution in [-0.2, 0) is 4.74 Å². The van der Waals surface area contributed by atoms with E-state index >= 15 is 0 Å². The SMILES string of the molecule is O=C(NO)c1cnc2cc(N3CCOCC3)nc(O[C@H]3CC[C@@H](n4ccnc4)CC3)c2c1. The summed E-state index contributed by atoms with van der Waals surface area (Å²) in [6.07, 6.45) is 11.0. The third-order valence-corrected chi connectivity index (χ3v) is 6.20. The Balaban J connectivity index is 1.42. The van der Waals surface area contributed by atoms with Crippen LogP contribution >= 0.6 is 0 Å². The van der Waals surface area contributed by atoms with E-state index in [0.29, 0.717) is 36.0 Å². The molecule has 0 bridgehead atoms. The highest BCUT2D eigenvalue weighted by molar-refractivity contribution is 5.98. The molecule has 1 saturated heterocycles. The Morgan fingerprint density at radius 3 is 2.72 bits per heavy atom. The average molecular weight is 438 g/mol. The zero-order valence-corrected chi connectivity index (χ0v) is 17.7. The summed E-state index contributed by atoms with van der Waals surface area (Å²) in [6.45, 7) is 2.80. The minimum atomic E-state index is -0.622. The highest BCUT2D eigenvalue weighted by Gasteiger charge is 2.25. The molecule has 3 aromatic heterocycles. The number of hydrogen-bond acceptors (Lipinski definition) is 8. The van der Waals surface area contributed by atoms with Gasteiger partial charge in [0.25, 0.3) is 5.91 Å². The molecular formula is C22H26N6O4. The zero-order valence-electron chi connectivity index (χ0n) is 17.7. The van der Waals surface area contributed by atoms with E-state index in [0.717, 1.165) is 44.6 Å². The number of hydroxylamine groups is 1. The number of carbonyl (C=O) groups is 1. The van der Waals surface area contributed by atoms with Gasteiger partial charge in [0.2, 0.25) is 5.88 Å². The number of fused-ring (bicyclic) bond motifs is 1. The molecule has 1 amide bonds. The Morgan fingerprint density at radius 2 is 2.00 bits per heavy atom.